The molecule has 0 aliphatic carbocycles. The monoisotopic (exact) mass is 553 g/mol. The molecule has 1 aromatic heterocycles. The zero-order valence-corrected chi connectivity index (χ0v) is 23.1. The molecule has 0 fully saturated rings. The Kier molecular flexibility index (Phi) is 12.4. The van der Waals surface area contributed by atoms with Crippen LogP contribution in [-0.4, -0.2) is 50.2 Å². The lowest BCUT2D eigenvalue weighted by molar-refractivity contribution is 0.275. The van der Waals surface area contributed by atoms with Gasteiger partial charge in [0.15, 0.2) is 0 Å². The summed E-state index contributed by atoms with van der Waals surface area (Å²) in [6.45, 7) is 10.0. The molecular formula is C26H34Cl2N3O4P. The Morgan fingerprint density at radius 1 is 1.06 bits per heavy atom. The average Bonchev–Trinajstić information content (AvgIpc) is 2.80. The van der Waals surface area contributed by atoms with Crippen molar-refractivity contribution in [2.75, 3.05) is 25.0 Å². The van der Waals surface area contributed by atoms with Gasteiger partial charge in [0.25, 0.3) is 0 Å². The highest BCUT2D eigenvalue weighted by Crippen LogP contribution is 2.28. The van der Waals surface area contributed by atoms with E-state index in [4.69, 9.17) is 47.4 Å². The lowest BCUT2D eigenvalue weighted by Crippen LogP contribution is -2.25. The van der Waals surface area contributed by atoms with Gasteiger partial charge < -0.3 is 24.9 Å². The van der Waals surface area contributed by atoms with Gasteiger partial charge in [0, 0.05) is 27.2 Å². The number of halogens is 2. The molecule has 1 unspecified atom stereocenters. The van der Waals surface area contributed by atoms with E-state index < -0.39 is 7.82 Å². The predicted molar refractivity (Wildman–Crippen MR) is 152 cm³/mol. The van der Waals surface area contributed by atoms with Gasteiger partial charge in [-0.2, -0.15) is 0 Å². The fourth-order valence-electron chi connectivity index (χ4n) is 3.71. The average molecular weight is 554 g/mol. The number of fused-ring (bicyclic) bond motifs is 1. The molecule has 1 atom stereocenters. The third-order valence-corrected chi connectivity index (χ3v) is 6.12. The van der Waals surface area contributed by atoms with Crippen LogP contribution in [0.25, 0.3) is 23.1 Å². The number of anilines is 1. The molecule has 0 spiro atoms. The molecule has 3 rings (SSSR count). The first kappa shape index (κ1) is 30.3. The summed E-state index contributed by atoms with van der Waals surface area (Å²) in [5.41, 5.74) is 3.80. The van der Waals surface area contributed by atoms with Crippen molar-refractivity contribution in [1.82, 2.24) is 9.88 Å². The first-order valence-corrected chi connectivity index (χ1v) is 14.1. The van der Waals surface area contributed by atoms with E-state index in [0.29, 0.717) is 11.1 Å². The summed E-state index contributed by atoms with van der Waals surface area (Å²) in [5.74, 6) is 0. The van der Waals surface area contributed by atoms with Crippen molar-refractivity contribution in [2.45, 2.75) is 39.7 Å². The summed E-state index contributed by atoms with van der Waals surface area (Å²) in [6.07, 6.45) is 6.28. The van der Waals surface area contributed by atoms with Crippen LogP contribution in [0, 0.1) is 0 Å². The second-order valence-electron chi connectivity index (χ2n) is 8.34. The SMILES string of the molecule is CCN(CC)CCCC(C)Nc1cc(C=Cc2ccccc2Cl)nc2cc(Cl)ccc12.O=P(O)(O)O. The van der Waals surface area contributed by atoms with Crippen molar-refractivity contribution in [2.24, 2.45) is 0 Å². The molecule has 0 aliphatic rings. The Morgan fingerprint density at radius 3 is 2.36 bits per heavy atom. The van der Waals surface area contributed by atoms with Gasteiger partial charge in [-0.25, -0.2) is 9.55 Å². The fraction of sp³-hybridized carbons (Fsp3) is 0.346. The number of aromatic nitrogens is 1. The molecule has 10 heteroatoms. The molecule has 0 saturated carbocycles. The summed E-state index contributed by atoms with van der Waals surface area (Å²) >= 11 is 12.5. The van der Waals surface area contributed by atoms with Crippen LogP contribution in [-0.2, 0) is 4.57 Å². The van der Waals surface area contributed by atoms with E-state index in [9.17, 15) is 0 Å². The molecular weight excluding hydrogens is 520 g/mol. The Labute approximate surface area is 223 Å². The normalized spacial score (nSPS) is 12.6. The van der Waals surface area contributed by atoms with Gasteiger partial charge in [0.05, 0.1) is 11.2 Å². The molecule has 196 valence electrons. The quantitative estimate of drug-likeness (QED) is 0.207. The van der Waals surface area contributed by atoms with Crippen LogP contribution in [0.5, 0.6) is 0 Å². The molecule has 0 aliphatic heterocycles. The maximum Gasteiger partial charge on any atom is 0.466 e. The Hall–Kier alpha value is -1.96. The van der Waals surface area contributed by atoms with Crippen molar-refractivity contribution in [1.29, 1.82) is 0 Å². The van der Waals surface area contributed by atoms with Gasteiger partial charge in [-0.1, -0.05) is 61.3 Å². The third kappa shape index (κ3) is 11.0. The molecule has 1 heterocycles. The first-order valence-electron chi connectivity index (χ1n) is 11.8. The maximum atomic E-state index is 8.88. The molecule has 0 bridgehead atoms. The zero-order chi connectivity index (χ0) is 26.7. The predicted octanol–water partition coefficient (Wildman–Crippen LogP) is 6.71. The molecule has 3 aromatic rings. The molecule has 0 amide bonds. The van der Waals surface area contributed by atoms with Gasteiger partial charge in [0.2, 0.25) is 0 Å². The van der Waals surface area contributed by atoms with E-state index >= 15 is 0 Å². The van der Waals surface area contributed by atoms with Crippen molar-refractivity contribution in [3.8, 4) is 0 Å². The number of hydrogen-bond acceptors (Lipinski definition) is 4. The second kappa shape index (κ2) is 14.7. The van der Waals surface area contributed by atoms with Crippen LogP contribution in [0.15, 0.2) is 48.5 Å². The number of pyridine rings is 1. The number of rotatable bonds is 10. The zero-order valence-electron chi connectivity index (χ0n) is 20.7. The van der Waals surface area contributed by atoms with E-state index in [1.165, 1.54) is 6.42 Å². The van der Waals surface area contributed by atoms with Gasteiger partial charge in [-0.15, -0.1) is 0 Å². The number of phosphoric acid groups is 1. The molecule has 36 heavy (non-hydrogen) atoms. The van der Waals surface area contributed by atoms with Crippen molar-refractivity contribution >= 4 is 59.8 Å². The summed E-state index contributed by atoms with van der Waals surface area (Å²) < 4.78 is 8.88. The Bertz CT molecular complexity index is 1190. The minimum Gasteiger partial charge on any atom is -0.382 e. The standard InChI is InChI=1S/C26H31Cl2N3.H3O4P/c1-4-31(5-2)16-8-9-19(3)29-26-18-22(14-12-20-10-6-7-11-24(20)28)30-25-17-21(27)13-15-23(25)26;1-5(2,3)4/h6-7,10-15,17-19H,4-5,8-9,16H2,1-3H3,(H,29,30);(H3,1,2,3,4). The number of nitrogens with zero attached hydrogens (tertiary/aromatic N) is 2. The highest BCUT2D eigenvalue weighted by molar-refractivity contribution is 7.45. The topological polar surface area (TPSA) is 106 Å². The Morgan fingerprint density at radius 2 is 1.72 bits per heavy atom. The van der Waals surface area contributed by atoms with Crippen LogP contribution < -0.4 is 5.32 Å². The van der Waals surface area contributed by atoms with Crippen LogP contribution in [0.3, 0.4) is 0 Å². The summed E-state index contributed by atoms with van der Waals surface area (Å²) in [5, 5.41) is 6.19. The fourth-order valence-corrected chi connectivity index (χ4v) is 4.08. The number of nitrogens with one attached hydrogen (secondary N) is 1. The minimum atomic E-state index is -4.64. The van der Waals surface area contributed by atoms with Crippen LogP contribution in [0.4, 0.5) is 5.69 Å². The number of benzene rings is 2. The smallest absolute Gasteiger partial charge is 0.382 e. The van der Waals surface area contributed by atoms with Gasteiger partial charge in [-0.05, 0) is 81.4 Å². The first-order chi connectivity index (χ1) is 17.0. The summed E-state index contributed by atoms with van der Waals surface area (Å²) in [4.78, 5) is 28.8. The van der Waals surface area contributed by atoms with Gasteiger partial charge in [-0.3, -0.25) is 0 Å². The largest absolute Gasteiger partial charge is 0.466 e. The highest BCUT2D eigenvalue weighted by Gasteiger charge is 2.10. The Balaban J connectivity index is 0.000000830. The molecule has 0 radical (unpaired) electrons. The summed E-state index contributed by atoms with van der Waals surface area (Å²) in [7, 11) is -4.64. The maximum absolute atomic E-state index is 8.88. The highest BCUT2D eigenvalue weighted by atomic mass is 35.5. The van der Waals surface area contributed by atoms with Crippen molar-refractivity contribution in [3.63, 3.8) is 0 Å². The third-order valence-electron chi connectivity index (χ3n) is 5.54. The van der Waals surface area contributed by atoms with E-state index in [1.54, 1.807) is 0 Å². The van der Waals surface area contributed by atoms with E-state index in [1.807, 2.05) is 54.6 Å². The van der Waals surface area contributed by atoms with Crippen LogP contribution in [0.1, 0.15) is 44.9 Å². The second-order valence-corrected chi connectivity index (χ2v) is 10.2. The van der Waals surface area contributed by atoms with Crippen molar-refractivity contribution in [3.05, 3.63) is 69.8 Å². The van der Waals surface area contributed by atoms with E-state index in [2.05, 4.69) is 37.1 Å². The molecule has 0 saturated heterocycles. The lowest BCUT2D eigenvalue weighted by Gasteiger charge is -2.21. The van der Waals surface area contributed by atoms with Gasteiger partial charge in [0.1, 0.15) is 0 Å². The molecule has 7 nitrogen and oxygen atoms in total. The number of hydrogen-bond donors (Lipinski definition) is 4. The summed E-state index contributed by atoms with van der Waals surface area (Å²) in [6, 6.07) is 16.1. The molecule has 4 N–H and O–H groups in total. The van der Waals surface area contributed by atoms with E-state index in [-0.39, 0.29) is 0 Å². The lowest BCUT2D eigenvalue weighted by atomic mass is 10.1. The van der Waals surface area contributed by atoms with Crippen LogP contribution in [0.2, 0.25) is 10.0 Å². The van der Waals surface area contributed by atoms with Crippen LogP contribution >= 0.6 is 31.0 Å². The van der Waals surface area contributed by atoms with E-state index in [0.717, 1.165) is 58.9 Å². The minimum absolute atomic E-state index is 0.359. The van der Waals surface area contributed by atoms with Crippen molar-refractivity contribution < 1.29 is 19.2 Å². The van der Waals surface area contributed by atoms with Gasteiger partial charge >= 0.3 is 7.82 Å². The molecule has 2 aromatic carbocycles.